The van der Waals surface area contributed by atoms with Gasteiger partial charge in [-0.3, -0.25) is 0 Å². The van der Waals surface area contributed by atoms with Gasteiger partial charge in [-0.25, -0.2) is 0 Å². The van der Waals surface area contributed by atoms with Gasteiger partial charge in [-0.05, 0) is 42.9 Å². The Labute approximate surface area is 89.8 Å². The smallest absolute Gasteiger partial charge is 0.0236 e. The summed E-state index contributed by atoms with van der Waals surface area (Å²) in [7, 11) is 0. The predicted molar refractivity (Wildman–Crippen MR) is 64.3 cm³/mol. The molecule has 0 spiro atoms. The molecule has 0 heterocycles. The van der Waals surface area contributed by atoms with Gasteiger partial charge in [0.25, 0.3) is 0 Å². The maximum Gasteiger partial charge on any atom is -0.0236 e. The number of allylic oxidation sites excluding steroid dienone is 2. The molecule has 0 saturated carbocycles. The fraction of sp³-hybridized carbons (Fsp3) is 0.857. The molecule has 0 radical (unpaired) electrons. The molecule has 1 aliphatic carbocycles. The van der Waals surface area contributed by atoms with Crippen molar-refractivity contribution in [2.24, 2.45) is 23.7 Å². The Bertz CT molecular complexity index is 180. The van der Waals surface area contributed by atoms with E-state index in [1.807, 2.05) is 0 Å². The molecular weight excluding hydrogens is 168 g/mol. The van der Waals surface area contributed by atoms with Gasteiger partial charge in [-0.1, -0.05) is 46.3 Å². The highest BCUT2D eigenvalue weighted by Gasteiger charge is 2.14. The SMILES string of the molecule is CC1CC=CC(C)C(C)CCC(C)C1. The van der Waals surface area contributed by atoms with Crippen LogP contribution in [0.1, 0.15) is 53.4 Å². The lowest BCUT2D eigenvalue weighted by molar-refractivity contribution is 0.328. The van der Waals surface area contributed by atoms with Crippen LogP contribution in [0.15, 0.2) is 12.2 Å². The molecule has 1 aliphatic rings. The van der Waals surface area contributed by atoms with Crippen molar-refractivity contribution in [3.05, 3.63) is 12.2 Å². The van der Waals surface area contributed by atoms with Crippen molar-refractivity contribution in [3.8, 4) is 0 Å². The molecular formula is C14H26. The normalized spacial score (nSPS) is 40.9. The molecule has 0 aromatic rings. The molecule has 0 saturated heterocycles. The van der Waals surface area contributed by atoms with Crippen molar-refractivity contribution < 1.29 is 0 Å². The van der Waals surface area contributed by atoms with Crippen LogP contribution in [0.2, 0.25) is 0 Å². The Kier molecular flexibility index (Phi) is 4.71. The molecule has 0 heteroatoms. The van der Waals surface area contributed by atoms with Crippen LogP contribution < -0.4 is 0 Å². The highest BCUT2D eigenvalue weighted by atomic mass is 14.2. The van der Waals surface area contributed by atoms with Crippen LogP contribution in [-0.2, 0) is 0 Å². The van der Waals surface area contributed by atoms with E-state index in [1.54, 1.807) is 0 Å². The fourth-order valence-electron chi connectivity index (χ4n) is 2.43. The molecule has 4 unspecified atom stereocenters. The van der Waals surface area contributed by atoms with E-state index in [4.69, 9.17) is 0 Å². The predicted octanol–water partition coefficient (Wildman–Crippen LogP) is 4.66. The Balaban J connectivity index is 2.56. The van der Waals surface area contributed by atoms with Crippen LogP contribution in [0.5, 0.6) is 0 Å². The lowest BCUT2D eigenvalue weighted by Crippen LogP contribution is -2.11. The molecule has 0 bridgehead atoms. The second-order valence-corrected chi connectivity index (χ2v) is 5.52. The third-order valence-corrected chi connectivity index (χ3v) is 3.80. The molecule has 0 aromatic carbocycles. The Hall–Kier alpha value is -0.260. The van der Waals surface area contributed by atoms with Crippen LogP contribution in [0.4, 0.5) is 0 Å². The minimum absolute atomic E-state index is 0.771. The first-order chi connectivity index (χ1) is 6.59. The maximum atomic E-state index is 2.43. The summed E-state index contributed by atoms with van der Waals surface area (Å²) in [6, 6.07) is 0. The van der Waals surface area contributed by atoms with Gasteiger partial charge in [0.1, 0.15) is 0 Å². The highest BCUT2D eigenvalue weighted by molar-refractivity contribution is 4.90. The summed E-state index contributed by atoms with van der Waals surface area (Å²) in [6.07, 6.45) is 10.3. The Morgan fingerprint density at radius 3 is 2.36 bits per heavy atom. The van der Waals surface area contributed by atoms with Gasteiger partial charge in [0.15, 0.2) is 0 Å². The summed E-state index contributed by atoms with van der Waals surface area (Å²) >= 11 is 0. The molecule has 0 aliphatic heterocycles. The van der Waals surface area contributed by atoms with Crippen molar-refractivity contribution in [2.75, 3.05) is 0 Å². The first kappa shape index (κ1) is 11.8. The van der Waals surface area contributed by atoms with Gasteiger partial charge < -0.3 is 0 Å². The fourth-order valence-corrected chi connectivity index (χ4v) is 2.43. The summed E-state index contributed by atoms with van der Waals surface area (Å²) in [6.45, 7) is 9.56. The summed E-state index contributed by atoms with van der Waals surface area (Å²) in [5.41, 5.74) is 0. The zero-order chi connectivity index (χ0) is 10.6. The summed E-state index contributed by atoms with van der Waals surface area (Å²) < 4.78 is 0. The van der Waals surface area contributed by atoms with E-state index < -0.39 is 0 Å². The summed E-state index contributed by atoms with van der Waals surface area (Å²) in [5, 5.41) is 0. The van der Waals surface area contributed by atoms with E-state index in [0.29, 0.717) is 0 Å². The van der Waals surface area contributed by atoms with E-state index in [1.165, 1.54) is 25.7 Å². The molecule has 0 N–H and O–H groups in total. The first-order valence-corrected chi connectivity index (χ1v) is 6.26. The van der Waals surface area contributed by atoms with Crippen LogP contribution >= 0.6 is 0 Å². The quantitative estimate of drug-likeness (QED) is 0.492. The molecule has 0 nitrogen and oxygen atoms in total. The lowest BCUT2D eigenvalue weighted by atomic mass is 9.83. The van der Waals surface area contributed by atoms with Crippen LogP contribution in [-0.4, -0.2) is 0 Å². The number of hydrogen-bond acceptors (Lipinski definition) is 0. The molecule has 0 amide bonds. The van der Waals surface area contributed by atoms with Crippen molar-refractivity contribution in [1.29, 1.82) is 0 Å². The zero-order valence-corrected chi connectivity index (χ0v) is 10.3. The summed E-state index contributed by atoms with van der Waals surface area (Å²) in [4.78, 5) is 0. The maximum absolute atomic E-state index is 2.43. The van der Waals surface area contributed by atoms with E-state index in [9.17, 15) is 0 Å². The highest BCUT2D eigenvalue weighted by Crippen LogP contribution is 2.27. The van der Waals surface area contributed by atoms with E-state index >= 15 is 0 Å². The molecule has 14 heavy (non-hydrogen) atoms. The monoisotopic (exact) mass is 194 g/mol. The lowest BCUT2D eigenvalue weighted by Gasteiger charge is -2.23. The average Bonchev–Trinajstić information content (AvgIpc) is 2.12. The third-order valence-electron chi connectivity index (χ3n) is 3.80. The molecule has 0 fully saturated rings. The number of rotatable bonds is 0. The second kappa shape index (κ2) is 5.58. The van der Waals surface area contributed by atoms with Crippen LogP contribution in [0.3, 0.4) is 0 Å². The van der Waals surface area contributed by atoms with Crippen molar-refractivity contribution >= 4 is 0 Å². The van der Waals surface area contributed by atoms with E-state index in [0.717, 1.165) is 23.7 Å². The summed E-state index contributed by atoms with van der Waals surface area (Å²) in [5.74, 6) is 3.43. The molecule has 1 rings (SSSR count). The Morgan fingerprint density at radius 2 is 1.64 bits per heavy atom. The minimum atomic E-state index is 0.771. The average molecular weight is 194 g/mol. The minimum Gasteiger partial charge on any atom is -0.0880 e. The van der Waals surface area contributed by atoms with Gasteiger partial charge >= 0.3 is 0 Å². The van der Waals surface area contributed by atoms with Crippen LogP contribution in [0, 0.1) is 23.7 Å². The van der Waals surface area contributed by atoms with Gasteiger partial charge in [0.2, 0.25) is 0 Å². The van der Waals surface area contributed by atoms with Crippen molar-refractivity contribution in [2.45, 2.75) is 53.4 Å². The molecule has 0 aromatic heterocycles. The largest absolute Gasteiger partial charge is 0.0880 e. The van der Waals surface area contributed by atoms with Crippen molar-refractivity contribution in [3.63, 3.8) is 0 Å². The second-order valence-electron chi connectivity index (χ2n) is 5.52. The molecule has 4 atom stereocenters. The third kappa shape index (κ3) is 3.86. The van der Waals surface area contributed by atoms with Crippen molar-refractivity contribution in [1.82, 2.24) is 0 Å². The van der Waals surface area contributed by atoms with E-state index in [-0.39, 0.29) is 0 Å². The van der Waals surface area contributed by atoms with Crippen LogP contribution in [0.25, 0.3) is 0 Å². The number of hydrogen-bond donors (Lipinski definition) is 0. The van der Waals surface area contributed by atoms with Gasteiger partial charge in [-0.15, -0.1) is 0 Å². The molecule has 82 valence electrons. The van der Waals surface area contributed by atoms with Gasteiger partial charge in [-0.2, -0.15) is 0 Å². The first-order valence-electron chi connectivity index (χ1n) is 6.26. The topological polar surface area (TPSA) is 0 Å². The van der Waals surface area contributed by atoms with Gasteiger partial charge in [0.05, 0.1) is 0 Å². The Morgan fingerprint density at radius 1 is 0.929 bits per heavy atom. The van der Waals surface area contributed by atoms with E-state index in [2.05, 4.69) is 39.8 Å². The zero-order valence-electron chi connectivity index (χ0n) is 10.3. The van der Waals surface area contributed by atoms with Gasteiger partial charge in [0, 0.05) is 0 Å². The standard InChI is InChI=1S/C14H26/c1-11-6-5-7-13(3)14(4)9-8-12(2)10-11/h5,7,11-14H,6,8-10H2,1-4H3.